The number of rotatable bonds is 5. The van der Waals surface area contributed by atoms with Crippen LogP contribution in [0, 0.1) is 6.92 Å². The Bertz CT molecular complexity index is 707. The second-order valence-corrected chi connectivity index (χ2v) is 4.74. The highest BCUT2D eigenvalue weighted by atomic mass is 16.5. The SMILES string of the molecule is Cc1[nH]cnc1CNc1ccccc1Oc1ccccc1. The molecule has 0 unspecified atom stereocenters. The minimum absolute atomic E-state index is 0.657. The maximum atomic E-state index is 5.92. The zero-order valence-corrected chi connectivity index (χ0v) is 11.8. The second-order valence-electron chi connectivity index (χ2n) is 4.74. The fourth-order valence-corrected chi connectivity index (χ4v) is 2.06. The van der Waals surface area contributed by atoms with Gasteiger partial charge in [-0.15, -0.1) is 0 Å². The van der Waals surface area contributed by atoms with Gasteiger partial charge in [-0.1, -0.05) is 30.3 Å². The molecule has 0 spiro atoms. The van der Waals surface area contributed by atoms with Crippen LogP contribution in [0.3, 0.4) is 0 Å². The Morgan fingerprint density at radius 1 is 1.05 bits per heavy atom. The fourth-order valence-electron chi connectivity index (χ4n) is 2.06. The molecule has 1 aromatic heterocycles. The Kier molecular flexibility index (Phi) is 3.87. The number of hydrogen-bond acceptors (Lipinski definition) is 3. The summed E-state index contributed by atoms with van der Waals surface area (Å²) < 4.78 is 5.92. The summed E-state index contributed by atoms with van der Waals surface area (Å²) in [4.78, 5) is 7.36. The zero-order chi connectivity index (χ0) is 14.5. The zero-order valence-electron chi connectivity index (χ0n) is 11.8. The number of aromatic nitrogens is 2. The Balaban J connectivity index is 1.75. The van der Waals surface area contributed by atoms with Gasteiger partial charge in [-0.05, 0) is 31.2 Å². The number of ether oxygens (including phenoxy) is 1. The van der Waals surface area contributed by atoms with Gasteiger partial charge < -0.3 is 15.0 Å². The highest BCUT2D eigenvalue weighted by molar-refractivity contribution is 5.57. The van der Waals surface area contributed by atoms with Crippen molar-refractivity contribution in [1.82, 2.24) is 9.97 Å². The second kappa shape index (κ2) is 6.13. The predicted molar refractivity (Wildman–Crippen MR) is 83.6 cm³/mol. The molecule has 0 bridgehead atoms. The molecule has 0 aliphatic rings. The highest BCUT2D eigenvalue weighted by Crippen LogP contribution is 2.29. The number of aromatic amines is 1. The maximum Gasteiger partial charge on any atom is 0.150 e. The molecule has 0 saturated carbocycles. The van der Waals surface area contributed by atoms with Crippen molar-refractivity contribution in [3.63, 3.8) is 0 Å². The topological polar surface area (TPSA) is 49.9 Å². The summed E-state index contributed by atoms with van der Waals surface area (Å²) in [6.07, 6.45) is 1.71. The number of para-hydroxylation sites is 3. The average molecular weight is 279 g/mol. The van der Waals surface area contributed by atoms with Gasteiger partial charge in [0.1, 0.15) is 5.75 Å². The molecule has 2 aromatic carbocycles. The first-order valence-electron chi connectivity index (χ1n) is 6.87. The molecule has 21 heavy (non-hydrogen) atoms. The van der Waals surface area contributed by atoms with Crippen LogP contribution in [0.4, 0.5) is 5.69 Å². The van der Waals surface area contributed by atoms with E-state index >= 15 is 0 Å². The van der Waals surface area contributed by atoms with Gasteiger partial charge in [0.05, 0.1) is 24.3 Å². The Labute approximate surface area is 123 Å². The predicted octanol–water partition coefficient (Wildman–Crippen LogP) is 4.12. The third-order valence-electron chi connectivity index (χ3n) is 3.24. The molecule has 0 aliphatic heterocycles. The van der Waals surface area contributed by atoms with Crippen LogP contribution >= 0.6 is 0 Å². The van der Waals surface area contributed by atoms with E-state index in [9.17, 15) is 0 Å². The Morgan fingerprint density at radius 2 is 1.81 bits per heavy atom. The lowest BCUT2D eigenvalue weighted by Gasteiger charge is -2.12. The van der Waals surface area contributed by atoms with Crippen molar-refractivity contribution in [2.45, 2.75) is 13.5 Å². The summed E-state index contributed by atoms with van der Waals surface area (Å²) in [5.41, 5.74) is 3.03. The van der Waals surface area contributed by atoms with E-state index in [-0.39, 0.29) is 0 Å². The molecule has 0 aliphatic carbocycles. The van der Waals surface area contributed by atoms with Crippen molar-refractivity contribution in [3.05, 3.63) is 72.3 Å². The van der Waals surface area contributed by atoms with Crippen LogP contribution < -0.4 is 10.1 Å². The van der Waals surface area contributed by atoms with Crippen molar-refractivity contribution in [3.8, 4) is 11.5 Å². The van der Waals surface area contributed by atoms with Crippen molar-refractivity contribution in [2.75, 3.05) is 5.32 Å². The van der Waals surface area contributed by atoms with Gasteiger partial charge in [0, 0.05) is 5.69 Å². The van der Waals surface area contributed by atoms with Gasteiger partial charge >= 0.3 is 0 Å². The van der Waals surface area contributed by atoms with Crippen LogP contribution in [0.25, 0.3) is 0 Å². The molecule has 1 heterocycles. The summed E-state index contributed by atoms with van der Waals surface area (Å²) in [5, 5.41) is 3.37. The summed E-state index contributed by atoms with van der Waals surface area (Å²) >= 11 is 0. The highest BCUT2D eigenvalue weighted by Gasteiger charge is 2.06. The lowest BCUT2D eigenvalue weighted by Crippen LogP contribution is -2.02. The van der Waals surface area contributed by atoms with Gasteiger partial charge in [-0.3, -0.25) is 0 Å². The fraction of sp³-hybridized carbons (Fsp3) is 0.118. The third-order valence-corrected chi connectivity index (χ3v) is 3.24. The molecule has 0 atom stereocenters. The van der Waals surface area contributed by atoms with Crippen LogP contribution in [0.1, 0.15) is 11.4 Å². The largest absolute Gasteiger partial charge is 0.455 e. The molecule has 0 saturated heterocycles. The lowest BCUT2D eigenvalue weighted by atomic mass is 10.2. The van der Waals surface area contributed by atoms with Gasteiger partial charge in [0.25, 0.3) is 0 Å². The summed E-state index contributed by atoms with van der Waals surface area (Å²) in [6, 6.07) is 17.7. The van der Waals surface area contributed by atoms with Gasteiger partial charge in [0.2, 0.25) is 0 Å². The van der Waals surface area contributed by atoms with Gasteiger partial charge in [-0.2, -0.15) is 0 Å². The number of nitrogens with one attached hydrogen (secondary N) is 2. The number of anilines is 1. The minimum atomic E-state index is 0.657. The molecule has 0 amide bonds. The van der Waals surface area contributed by atoms with E-state index in [1.807, 2.05) is 61.5 Å². The smallest absolute Gasteiger partial charge is 0.150 e. The van der Waals surface area contributed by atoms with E-state index in [1.165, 1.54) is 0 Å². The van der Waals surface area contributed by atoms with Crippen LogP contribution in [0.15, 0.2) is 60.9 Å². The van der Waals surface area contributed by atoms with Crippen LogP contribution in [-0.2, 0) is 6.54 Å². The number of hydrogen-bond donors (Lipinski definition) is 2. The van der Waals surface area contributed by atoms with Gasteiger partial charge in [0.15, 0.2) is 5.75 Å². The number of nitrogens with zero attached hydrogens (tertiary/aromatic N) is 1. The standard InChI is InChI=1S/C17H17N3O/c1-13-16(20-12-19-13)11-18-15-9-5-6-10-17(15)21-14-7-3-2-4-8-14/h2-10,12,18H,11H2,1H3,(H,19,20). The van der Waals surface area contributed by atoms with E-state index in [0.29, 0.717) is 6.54 Å². The quantitative estimate of drug-likeness (QED) is 0.738. The molecular weight excluding hydrogens is 262 g/mol. The summed E-state index contributed by atoms with van der Waals surface area (Å²) in [5.74, 6) is 1.62. The number of aryl methyl sites for hydroxylation is 1. The van der Waals surface area contributed by atoms with Crippen LogP contribution in [0.5, 0.6) is 11.5 Å². The van der Waals surface area contributed by atoms with Crippen LogP contribution in [-0.4, -0.2) is 9.97 Å². The molecule has 3 aromatic rings. The number of imidazole rings is 1. The lowest BCUT2D eigenvalue weighted by molar-refractivity contribution is 0.484. The first-order valence-corrected chi connectivity index (χ1v) is 6.87. The number of H-pyrrole nitrogens is 1. The third kappa shape index (κ3) is 3.23. The Morgan fingerprint density at radius 3 is 2.57 bits per heavy atom. The van der Waals surface area contributed by atoms with E-state index in [2.05, 4.69) is 15.3 Å². The van der Waals surface area contributed by atoms with E-state index in [1.54, 1.807) is 6.33 Å². The molecule has 0 fully saturated rings. The first kappa shape index (κ1) is 13.2. The Hall–Kier alpha value is -2.75. The van der Waals surface area contributed by atoms with E-state index in [4.69, 9.17) is 4.74 Å². The molecule has 4 nitrogen and oxygen atoms in total. The molecule has 2 N–H and O–H groups in total. The van der Waals surface area contributed by atoms with Crippen molar-refractivity contribution in [1.29, 1.82) is 0 Å². The van der Waals surface area contributed by atoms with Crippen molar-refractivity contribution >= 4 is 5.69 Å². The van der Waals surface area contributed by atoms with Crippen LogP contribution in [0.2, 0.25) is 0 Å². The molecule has 106 valence electrons. The normalized spacial score (nSPS) is 10.3. The average Bonchev–Trinajstić information content (AvgIpc) is 2.93. The summed E-state index contributed by atoms with van der Waals surface area (Å²) in [6.45, 7) is 2.67. The van der Waals surface area contributed by atoms with Crippen molar-refractivity contribution < 1.29 is 4.74 Å². The molecular formula is C17H17N3O. The molecule has 3 rings (SSSR count). The van der Waals surface area contributed by atoms with Crippen molar-refractivity contribution in [2.24, 2.45) is 0 Å². The van der Waals surface area contributed by atoms with E-state index < -0.39 is 0 Å². The number of benzene rings is 2. The van der Waals surface area contributed by atoms with E-state index in [0.717, 1.165) is 28.6 Å². The first-order chi connectivity index (χ1) is 10.3. The summed E-state index contributed by atoms with van der Waals surface area (Å²) in [7, 11) is 0. The minimum Gasteiger partial charge on any atom is -0.455 e. The molecule has 0 radical (unpaired) electrons. The monoisotopic (exact) mass is 279 g/mol. The van der Waals surface area contributed by atoms with Gasteiger partial charge in [-0.25, -0.2) is 4.98 Å². The maximum absolute atomic E-state index is 5.92. The molecule has 4 heteroatoms.